The van der Waals surface area contributed by atoms with Gasteiger partial charge in [-0.05, 0) is 23.6 Å². The molecule has 62 valence electrons. The molecular formula is C8H7NO2S. The molecule has 12 heavy (non-hydrogen) atoms. The van der Waals surface area contributed by atoms with Crippen LogP contribution in [0.5, 0.6) is 0 Å². The van der Waals surface area contributed by atoms with E-state index in [1.807, 2.05) is 18.3 Å². The Kier molecular flexibility index (Phi) is 3.22. The number of fused-ring (bicyclic) bond motifs is 1. The van der Waals surface area contributed by atoms with Gasteiger partial charge in [0.1, 0.15) is 0 Å². The summed E-state index contributed by atoms with van der Waals surface area (Å²) in [6.45, 7) is -0.250. The molecule has 0 saturated carbocycles. The minimum Gasteiger partial charge on any atom is -0.483 e. The SMILES string of the molecule is O=CO.c1cnc2ccsc2c1. The van der Waals surface area contributed by atoms with Gasteiger partial charge in [-0.3, -0.25) is 9.78 Å². The zero-order chi connectivity index (χ0) is 8.81. The summed E-state index contributed by atoms with van der Waals surface area (Å²) in [5.41, 5.74) is 1.10. The lowest BCUT2D eigenvalue weighted by Crippen LogP contribution is -1.65. The van der Waals surface area contributed by atoms with E-state index in [-0.39, 0.29) is 6.47 Å². The van der Waals surface area contributed by atoms with Crippen LogP contribution in [0.4, 0.5) is 0 Å². The molecule has 2 aromatic heterocycles. The topological polar surface area (TPSA) is 50.2 Å². The minimum atomic E-state index is -0.250. The third kappa shape index (κ3) is 2.03. The van der Waals surface area contributed by atoms with Crippen LogP contribution in [0.25, 0.3) is 10.2 Å². The average Bonchev–Trinajstić information content (AvgIpc) is 2.52. The molecule has 0 aliphatic heterocycles. The van der Waals surface area contributed by atoms with Gasteiger partial charge < -0.3 is 5.11 Å². The summed E-state index contributed by atoms with van der Waals surface area (Å²) in [6, 6.07) is 6.06. The summed E-state index contributed by atoms with van der Waals surface area (Å²) in [5, 5.41) is 8.94. The summed E-state index contributed by atoms with van der Waals surface area (Å²) in [4.78, 5) is 12.5. The first-order chi connectivity index (χ1) is 5.88. The maximum atomic E-state index is 8.36. The van der Waals surface area contributed by atoms with Crippen molar-refractivity contribution in [3.05, 3.63) is 29.8 Å². The molecule has 0 aliphatic carbocycles. The number of aromatic nitrogens is 1. The van der Waals surface area contributed by atoms with Crippen molar-refractivity contribution in [2.75, 3.05) is 0 Å². The predicted molar refractivity (Wildman–Crippen MR) is 48.3 cm³/mol. The molecule has 2 aromatic rings. The van der Waals surface area contributed by atoms with Crippen LogP contribution < -0.4 is 0 Å². The number of carbonyl (C=O) groups is 1. The van der Waals surface area contributed by atoms with E-state index < -0.39 is 0 Å². The molecule has 0 saturated heterocycles. The largest absolute Gasteiger partial charge is 0.483 e. The van der Waals surface area contributed by atoms with Gasteiger partial charge in [0.25, 0.3) is 6.47 Å². The molecule has 2 heterocycles. The van der Waals surface area contributed by atoms with E-state index in [9.17, 15) is 0 Å². The number of nitrogens with zero attached hydrogens (tertiary/aromatic N) is 1. The molecule has 4 heteroatoms. The average molecular weight is 181 g/mol. The molecule has 0 unspecified atom stereocenters. The van der Waals surface area contributed by atoms with Crippen molar-refractivity contribution < 1.29 is 9.90 Å². The van der Waals surface area contributed by atoms with Gasteiger partial charge in [-0.2, -0.15) is 0 Å². The van der Waals surface area contributed by atoms with Crippen LogP contribution in [-0.4, -0.2) is 16.6 Å². The predicted octanol–water partition coefficient (Wildman–Crippen LogP) is 2.00. The third-order valence-electron chi connectivity index (χ3n) is 1.22. The number of hydrogen-bond acceptors (Lipinski definition) is 3. The van der Waals surface area contributed by atoms with Crippen LogP contribution in [0.15, 0.2) is 29.8 Å². The van der Waals surface area contributed by atoms with Crippen LogP contribution in [0.1, 0.15) is 0 Å². The van der Waals surface area contributed by atoms with Crippen LogP contribution in [-0.2, 0) is 4.79 Å². The normalized spacial score (nSPS) is 8.67. The van der Waals surface area contributed by atoms with E-state index in [4.69, 9.17) is 9.90 Å². The van der Waals surface area contributed by atoms with Gasteiger partial charge in [0, 0.05) is 6.20 Å². The van der Waals surface area contributed by atoms with Gasteiger partial charge in [-0.1, -0.05) is 0 Å². The Labute approximate surface area is 73.3 Å². The van der Waals surface area contributed by atoms with Crippen molar-refractivity contribution in [3.63, 3.8) is 0 Å². The van der Waals surface area contributed by atoms with E-state index in [2.05, 4.69) is 16.4 Å². The summed E-state index contributed by atoms with van der Waals surface area (Å²) >= 11 is 1.72. The van der Waals surface area contributed by atoms with Crippen molar-refractivity contribution in [3.8, 4) is 0 Å². The molecule has 3 nitrogen and oxygen atoms in total. The lowest BCUT2D eigenvalue weighted by atomic mass is 10.4. The fraction of sp³-hybridized carbons (Fsp3) is 0. The maximum absolute atomic E-state index is 8.36. The molecule has 2 rings (SSSR count). The standard InChI is InChI=1S/C7H5NS.CH2O2/c1-2-7-6(8-4-1)3-5-9-7;2-1-3/h1-5H;1H,(H,2,3). The van der Waals surface area contributed by atoms with Gasteiger partial charge >= 0.3 is 0 Å². The lowest BCUT2D eigenvalue weighted by molar-refractivity contribution is -0.122. The molecule has 0 atom stereocenters. The zero-order valence-electron chi connectivity index (χ0n) is 6.18. The van der Waals surface area contributed by atoms with Crippen molar-refractivity contribution in [1.82, 2.24) is 4.98 Å². The summed E-state index contributed by atoms with van der Waals surface area (Å²) in [7, 11) is 0. The fourth-order valence-corrected chi connectivity index (χ4v) is 1.54. The first-order valence-electron chi connectivity index (χ1n) is 3.24. The molecular weight excluding hydrogens is 174 g/mol. The third-order valence-corrected chi connectivity index (χ3v) is 2.09. The van der Waals surface area contributed by atoms with Crippen LogP contribution in [0, 0.1) is 0 Å². The molecule has 0 aromatic carbocycles. The smallest absolute Gasteiger partial charge is 0.290 e. The highest BCUT2D eigenvalue weighted by Crippen LogP contribution is 2.16. The Hall–Kier alpha value is -1.42. The Balaban J connectivity index is 0.000000213. The van der Waals surface area contributed by atoms with Gasteiger partial charge in [0.2, 0.25) is 0 Å². The highest BCUT2D eigenvalue weighted by atomic mass is 32.1. The Morgan fingerprint density at radius 1 is 1.50 bits per heavy atom. The van der Waals surface area contributed by atoms with E-state index in [1.165, 1.54) is 4.70 Å². The summed E-state index contributed by atoms with van der Waals surface area (Å²) < 4.78 is 1.26. The lowest BCUT2D eigenvalue weighted by Gasteiger charge is -1.81. The highest BCUT2D eigenvalue weighted by Gasteiger charge is 1.89. The molecule has 0 bridgehead atoms. The van der Waals surface area contributed by atoms with Crippen LogP contribution >= 0.6 is 11.3 Å². The van der Waals surface area contributed by atoms with Gasteiger partial charge in [-0.25, -0.2) is 0 Å². The second-order valence-corrected chi connectivity index (χ2v) is 2.86. The molecule has 0 radical (unpaired) electrons. The molecule has 0 spiro atoms. The maximum Gasteiger partial charge on any atom is 0.290 e. The zero-order valence-corrected chi connectivity index (χ0v) is 6.99. The van der Waals surface area contributed by atoms with E-state index >= 15 is 0 Å². The fourth-order valence-electron chi connectivity index (χ4n) is 0.799. The summed E-state index contributed by atoms with van der Waals surface area (Å²) in [5.74, 6) is 0. The Morgan fingerprint density at radius 3 is 2.92 bits per heavy atom. The second kappa shape index (κ2) is 4.46. The van der Waals surface area contributed by atoms with Crippen molar-refractivity contribution in [2.45, 2.75) is 0 Å². The van der Waals surface area contributed by atoms with Crippen molar-refractivity contribution >= 4 is 28.0 Å². The van der Waals surface area contributed by atoms with Crippen LogP contribution in [0.2, 0.25) is 0 Å². The summed E-state index contributed by atoms with van der Waals surface area (Å²) in [6.07, 6.45) is 1.81. The molecule has 0 aliphatic rings. The first kappa shape index (κ1) is 8.67. The van der Waals surface area contributed by atoms with Crippen molar-refractivity contribution in [2.24, 2.45) is 0 Å². The van der Waals surface area contributed by atoms with E-state index in [0.29, 0.717) is 0 Å². The molecule has 0 fully saturated rings. The van der Waals surface area contributed by atoms with Gasteiger partial charge in [0.05, 0.1) is 10.2 Å². The Bertz CT molecular complexity index is 328. The number of hydrogen-bond donors (Lipinski definition) is 1. The Morgan fingerprint density at radius 2 is 2.25 bits per heavy atom. The quantitative estimate of drug-likeness (QED) is 0.632. The van der Waals surface area contributed by atoms with E-state index in [0.717, 1.165) is 5.52 Å². The number of pyridine rings is 1. The monoisotopic (exact) mass is 181 g/mol. The van der Waals surface area contributed by atoms with E-state index in [1.54, 1.807) is 11.3 Å². The first-order valence-corrected chi connectivity index (χ1v) is 4.12. The second-order valence-electron chi connectivity index (χ2n) is 1.91. The minimum absolute atomic E-state index is 0.250. The van der Waals surface area contributed by atoms with Crippen molar-refractivity contribution in [1.29, 1.82) is 0 Å². The van der Waals surface area contributed by atoms with Gasteiger partial charge in [-0.15, -0.1) is 11.3 Å². The van der Waals surface area contributed by atoms with Crippen LogP contribution in [0.3, 0.4) is 0 Å². The molecule has 1 N–H and O–H groups in total. The highest BCUT2D eigenvalue weighted by molar-refractivity contribution is 7.17. The number of rotatable bonds is 0. The number of thiophene rings is 1. The number of carboxylic acid groups (broad SMARTS) is 1. The molecule has 0 amide bonds. The van der Waals surface area contributed by atoms with Gasteiger partial charge in [0.15, 0.2) is 0 Å².